The highest BCUT2D eigenvalue weighted by Gasteiger charge is 2.09. The van der Waals surface area contributed by atoms with Crippen molar-refractivity contribution in [3.63, 3.8) is 0 Å². The molecule has 0 saturated carbocycles. The summed E-state index contributed by atoms with van der Waals surface area (Å²) >= 11 is 8.71. The Morgan fingerprint density at radius 1 is 1.67 bits per heavy atom. The number of nitrogens with two attached hydrogens (primary N) is 1. The predicted octanol–water partition coefficient (Wildman–Crippen LogP) is -0.0109. The van der Waals surface area contributed by atoms with Gasteiger partial charge in [0.15, 0.2) is 4.32 Å². The number of hydrogen-bond acceptors (Lipinski definition) is 5. The molecule has 1 rings (SSSR count). The molecule has 0 aliphatic carbocycles. The summed E-state index contributed by atoms with van der Waals surface area (Å²) in [7, 11) is 3.64. The van der Waals surface area contributed by atoms with Crippen LogP contribution in [0.15, 0.2) is 0 Å². The molecule has 0 spiro atoms. The Kier molecular flexibility index (Phi) is 2.53. The maximum absolute atomic E-state index is 5.51. The van der Waals surface area contributed by atoms with Crippen molar-refractivity contribution >= 4 is 41.1 Å². The summed E-state index contributed by atoms with van der Waals surface area (Å²) in [5.74, 6) is 0.766. The second-order valence-electron chi connectivity index (χ2n) is 2.36. The third-order valence-corrected chi connectivity index (χ3v) is 1.56. The normalized spacial score (nSPS) is 9.92. The molecule has 2 N–H and O–H groups in total. The van der Waals surface area contributed by atoms with Gasteiger partial charge in [-0.2, -0.15) is 9.67 Å². The summed E-state index contributed by atoms with van der Waals surface area (Å²) in [5, 5.41) is 4.00. The van der Waals surface area contributed by atoms with Crippen molar-refractivity contribution in [1.82, 2.24) is 14.8 Å². The molecular formula is C5H9N5S2. The molecule has 0 aliphatic rings. The zero-order valence-electron chi connectivity index (χ0n) is 6.72. The van der Waals surface area contributed by atoms with Crippen molar-refractivity contribution in [3.05, 3.63) is 0 Å². The molecule has 0 atom stereocenters. The number of thiocarbonyl (C=S) groups is 1. The number of hydrogen-bond donors (Lipinski definition) is 2. The second-order valence-corrected chi connectivity index (χ2v) is 3.47. The predicted molar refractivity (Wildman–Crippen MR) is 55.7 cm³/mol. The zero-order valence-corrected chi connectivity index (χ0v) is 8.43. The van der Waals surface area contributed by atoms with Crippen molar-refractivity contribution < 1.29 is 0 Å². The average molecular weight is 203 g/mol. The molecule has 1 heterocycles. The van der Waals surface area contributed by atoms with Crippen molar-refractivity contribution in [3.8, 4) is 0 Å². The number of anilines is 2. The van der Waals surface area contributed by atoms with E-state index in [0.29, 0.717) is 5.95 Å². The fourth-order valence-electron chi connectivity index (χ4n) is 0.643. The second kappa shape index (κ2) is 3.28. The summed E-state index contributed by atoms with van der Waals surface area (Å²) in [6.45, 7) is 0. The lowest BCUT2D eigenvalue weighted by Gasteiger charge is -2.03. The fraction of sp³-hybridized carbons (Fsp3) is 0.400. The van der Waals surface area contributed by atoms with Crippen molar-refractivity contribution in [2.75, 3.05) is 24.7 Å². The summed E-state index contributed by atoms with van der Waals surface area (Å²) in [6.07, 6.45) is 0. The van der Waals surface area contributed by atoms with Crippen LogP contribution in [0, 0.1) is 0 Å². The van der Waals surface area contributed by atoms with Gasteiger partial charge in [-0.3, -0.25) is 0 Å². The van der Waals surface area contributed by atoms with Gasteiger partial charge in [-0.25, -0.2) is 0 Å². The van der Waals surface area contributed by atoms with E-state index >= 15 is 0 Å². The monoisotopic (exact) mass is 203 g/mol. The topological polar surface area (TPSA) is 60.0 Å². The molecule has 0 bridgehead atoms. The molecule has 0 amide bonds. The maximum atomic E-state index is 5.51. The first kappa shape index (κ1) is 9.27. The van der Waals surface area contributed by atoms with Crippen LogP contribution in [0.25, 0.3) is 0 Å². The minimum Gasteiger partial charge on any atom is -0.368 e. The zero-order chi connectivity index (χ0) is 9.30. The molecule has 1 aromatic rings. The first-order chi connectivity index (χ1) is 5.52. The Bertz CT molecular complexity index is 305. The number of aromatic nitrogens is 3. The van der Waals surface area contributed by atoms with Gasteiger partial charge in [0, 0.05) is 14.1 Å². The van der Waals surface area contributed by atoms with E-state index in [1.807, 2.05) is 14.1 Å². The van der Waals surface area contributed by atoms with Gasteiger partial charge in [0.1, 0.15) is 0 Å². The van der Waals surface area contributed by atoms with E-state index in [-0.39, 0.29) is 10.3 Å². The molecule has 0 radical (unpaired) electrons. The first-order valence-electron chi connectivity index (χ1n) is 3.15. The lowest BCUT2D eigenvalue weighted by molar-refractivity contribution is 0.939. The van der Waals surface area contributed by atoms with E-state index in [1.54, 1.807) is 4.90 Å². The number of rotatable bonds is 1. The van der Waals surface area contributed by atoms with Crippen LogP contribution in [0.2, 0.25) is 0 Å². The van der Waals surface area contributed by atoms with Crippen LogP contribution < -0.4 is 10.6 Å². The summed E-state index contributed by atoms with van der Waals surface area (Å²) < 4.78 is 1.58. The Hall–Kier alpha value is -0.820. The van der Waals surface area contributed by atoms with Crippen LogP contribution in [-0.4, -0.2) is 33.2 Å². The lowest BCUT2D eigenvalue weighted by Crippen LogP contribution is -2.12. The minimum atomic E-state index is 0.249. The highest BCUT2D eigenvalue weighted by molar-refractivity contribution is 8.11. The first-order valence-corrected chi connectivity index (χ1v) is 4.01. The Balaban J connectivity index is 3.09. The molecule has 7 heteroatoms. The average Bonchev–Trinajstić information content (AvgIpc) is 2.30. The smallest absolute Gasteiger partial charge is 0.246 e. The van der Waals surface area contributed by atoms with E-state index < -0.39 is 0 Å². The van der Waals surface area contributed by atoms with Gasteiger partial charge in [-0.05, 0) is 0 Å². The van der Waals surface area contributed by atoms with Crippen molar-refractivity contribution in [2.24, 2.45) is 0 Å². The maximum Gasteiger partial charge on any atom is 0.246 e. The van der Waals surface area contributed by atoms with Gasteiger partial charge in [0.05, 0.1) is 0 Å². The highest BCUT2D eigenvalue weighted by atomic mass is 32.1. The Morgan fingerprint density at radius 3 is 2.50 bits per heavy atom. The van der Waals surface area contributed by atoms with Crippen LogP contribution >= 0.6 is 24.8 Å². The van der Waals surface area contributed by atoms with Crippen molar-refractivity contribution in [1.29, 1.82) is 0 Å². The summed E-state index contributed by atoms with van der Waals surface area (Å²) in [5.41, 5.74) is 5.51. The molecule has 66 valence electrons. The van der Waals surface area contributed by atoms with Crippen molar-refractivity contribution in [2.45, 2.75) is 0 Å². The quantitative estimate of drug-likeness (QED) is 0.496. The van der Waals surface area contributed by atoms with Crippen LogP contribution in [-0.2, 0) is 0 Å². The van der Waals surface area contributed by atoms with Crippen LogP contribution in [0.5, 0.6) is 0 Å². The van der Waals surface area contributed by atoms with E-state index in [0.717, 1.165) is 0 Å². The fourth-order valence-corrected chi connectivity index (χ4v) is 0.925. The minimum absolute atomic E-state index is 0.249. The van der Waals surface area contributed by atoms with E-state index in [2.05, 4.69) is 22.7 Å². The molecule has 12 heavy (non-hydrogen) atoms. The molecule has 0 aromatic carbocycles. The molecule has 0 fully saturated rings. The Morgan fingerprint density at radius 2 is 2.25 bits per heavy atom. The standard InChI is InChI=1S/C5H9N5S2/c1-9(2)4-7-3(6)10(8-4)5(11)12/h1-2H3,(H,11,12)(H2,6,7,8). The molecular weight excluding hydrogens is 194 g/mol. The molecule has 5 nitrogen and oxygen atoms in total. The van der Waals surface area contributed by atoms with Gasteiger partial charge in [-0.15, -0.1) is 17.7 Å². The molecule has 1 aromatic heterocycles. The van der Waals surface area contributed by atoms with E-state index in [9.17, 15) is 0 Å². The number of thiol groups is 1. The van der Waals surface area contributed by atoms with E-state index in [4.69, 9.17) is 18.0 Å². The molecule has 0 aliphatic heterocycles. The third-order valence-electron chi connectivity index (χ3n) is 1.20. The van der Waals surface area contributed by atoms with Crippen LogP contribution in [0.1, 0.15) is 0 Å². The molecule has 0 unspecified atom stereocenters. The number of nitrogen functional groups attached to an aromatic ring is 1. The van der Waals surface area contributed by atoms with Gasteiger partial charge in [-0.1, -0.05) is 12.2 Å². The SMILES string of the molecule is CN(C)c1nc(N)n(C(=S)S)n1. The highest BCUT2D eigenvalue weighted by Crippen LogP contribution is 2.08. The number of nitrogens with zero attached hydrogens (tertiary/aromatic N) is 4. The lowest BCUT2D eigenvalue weighted by atomic mass is 10.8. The third kappa shape index (κ3) is 1.67. The van der Waals surface area contributed by atoms with E-state index in [1.165, 1.54) is 4.68 Å². The van der Waals surface area contributed by atoms with Crippen LogP contribution in [0.4, 0.5) is 11.9 Å². The van der Waals surface area contributed by atoms with Gasteiger partial charge in [0.25, 0.3) is 0 Å². The molecule has 0 saturated heterocycles. The summed E-state index contributed by atoms with van der Waals surface area (Å²) in [4.78, 5) is 5.69. The van der Waals surface area contributed by atoms with Gasteiger partial charge in [0.2, 0.25) is 11.9 Å². The summed E-state index contributed by atoms with van der Waals surface area (Å²) in [6, 6.07) is 0. The van der Waals surface area contributed by atoms with Gasteiger partial charge < -0.3 is 10.6 Å². The van der Waals surface area contributed by atoms with Crippen LogP contribution in [0.3, 0.4) is 0 Å². The van der Waals surface area contributed by atoms with Gasteiger partial charge >= 0.3 is 0 Å². The largest absolute Gasteiger partial charge is 0.368 e. The Labute approximate surface area is 81.0 Å².